The van der Waals surface area contributed by atoms with Crippen LogP contribution in [-0.2, 0) is 0 Å². The standard InChI is InChI=1S/C10H10S/c1-8-10-5-3-2-4-9(10)6-7-11-8/h2-8H,1H3. The highest BCUT2D eigenvalue weighted by Gasteiger charge is 2.10. The molecule has 1 unspecified atom stereocenters. The molecule has 0 aliphatic carbocycles. The molecule has 2 rings (SSSR count). The predicted molar refractivity (Wildman–Crippen MR) is 51.5 cm³/mol. The van der Waals surface area contributed by atoms with Crippen LogP contribution in [0.15, 0.2) is 29.7 Å². The van der Waals surface area contributed by atoms with Gasteiger partial charge in [-0.2, -0.15) is 0 Å². The van der Waals surface area contributed by atoms with Gasteiger partial charge in [-0.3, -0.25) is 0 Å². The van der Waals surface area contributed by atoms with Gasteiger partial charge in [-0.05, 0) is 29.5 Å². The Balaban J connectivity index is 2.54. The van der Waals surface area contributed by atoms with Gasteiger partial charge in [0.1, 0.15) is 0 Å². The molecule has 0 N–H and O–H groups in total. The van der Waals surface area contributed by atoms with E-state index in [0.29, 0.717) is 5.25 Å². The molecule has 0 aromatic heterocycles. The quantitative estimate of drug-likeness (QED) is 0.563. The van der Waals surface area contributed by atoms with Crippen LogP contribution < -0.4 is 0 Å². The molecular weight excluding hydrogens is 152 g/mol. The van der Waals surface area contributed by atoms with Crippen molar-refractivity contribution in [3.8, 4) is 0 Å². The Hall–Kier alpha value is -0.690. The van der Waals surface area contributed by atoms with Gasteiger partial charge in [0.2, 0.25) is 0 Å². The second-order valence-electron chi connectivity index (χ2n) is 2.71. The fourth-order valence-corrected chi connectivity index (χ4v) is 2.16. The summed E-state index contributed by atoms with van der Waals surface area (Å²) in [4.78, 5) is 0. The Morgan fingerprint density at radius 2 is 2.09 bits per heavy atom. The lowest BCUT2D eigenvalue weighted by Gasteiger charge is -2.16. The molecule has 1 atom stereocenters. The highest BCUT2D eigenvalue weighted by atomic mass is 32.2. The molecule has 0 radical (unpaired) electrons. The molecule has 1 heteroatoms. The highest BCUT2D eigenvalue weighted by molar-refractivity contribution is 8.02. The van der Waals surface area contributed by atoms with Crippen molar-refractivity contribution in [2.45, 2.75) is 12.2 Å². The average molecular weight is 162 g/mol. The SMILES string of the molecule is CC1SC=Cc2ccccc21. The van der Waals surface area contributed by atoms with Crippen LogP contribution >= 0.6 is 11.8 Å². The van der Waals surface area contributed by atoms with Crippen LogP contribution in [0.25, 0.3) is 6.08 Å². The van der Waals surface area contributed by atoms with E-state index >= 15 is 0 Å². The predicted octanol–water partition coefficient (Wildman–Crippen LogP) is 3.47. The van der Waals surface area contributed by atoms with Gasteiger partial charge < -0.3 is 0 Å². The third-order valence-corrected chi connectivity index (χ3v) is 2.92. The molecule has 0 fully saturated rings. The van der Waals surface area contributed by atoms with Crippen molar-refractivity contribution in [1.82, 2.24) is 0 Å². The van der Waals surface area contributed by atoms with Crippen LogP contribution in [0.3, 0.4) is 0 Å². The first-order valence-corrected chi connectivity index (χ1v) is 4.73. The van der Waals surface area contributed by atoms with E-state index in [9.17, 15) is 0 Å². The topological polar surface area (TPSA) is 0 Å². The van der Waals surface area contributed by atoms with Gasteiger partial charge in [-0.15, -0.1) is 11.8 Å². The molecule has 1 heterocycles. The van der Waals surface area contributed by atoms with E-state index in [1.165, 1.54) is 11.1 Å². The number of fused-ring (bicyclic) bond motifs is 1. The number of rotatable bonds is 0. The van der Waals surface area contributed by atoms with Crippen LogP contribution in [0.5, 0.6) is 0 Å². The van der Waals surface area contributed by atoms with E-state index in [1.807, 2.05) is 11.8 Å². The monoisotopic (exact) mass is 162 g/mol. The Kier molecular flexibility index (Phi) is 1.74. The molecule has 1 aliphatic heterocycles. The molecule has 1 aromatic rings. The molecular formula is C10H10S. The highest BCUT2D eigenvalue weighted by Crippen LogP contribution is 2.36. The smallest absolute Gasteiger partial charge is 0.0316 e. The molecule has 11 heavy (non-hydrogen) atoms. The van der Waals surface area contributed by atoms with Crippen LogP contribution in [0, 0.1) is 0 Å². The molecule has 1 aliphatic rings. The minimum absolute atomic E-state index is 0.621. The van der Waals surface area contributed by atoms with E-state index < -0.39 is 0 Å². The molecule has 0 bridgehead atoms. The summed E-state index contributed by atoms with van der Waals surface area (Å²) in [6.07, 6.45) is 2.18. The van der Waals surface area contributed by atoms with Crippen molar-refractivity contribution in [3.05, 3.63) is 40.8 Å². The van der Waals surface area contributed by atoms with Gasteiger partial charge in [-0.25, -0.2) is 0 Å². The average Bonchev–Trinajstić information content (AvgIpc) is 2.06. The molecule has 0 saturated carbocycles. The Morgan fingerprint density at radius 1 is 1.27 bits per heavy atom. The maximum atomic E-state index is 2.24. The molecule has 0 nitrogen and oxygen atoms in total. The molecule has 56 valence electrons. The summed E-state index contributed by atoms with van der Waals surface area (Å²) in [6, 6.07) is 8.57. The largest absolute Gasteiger partial charge is 0.126 e. The second kappa shape index (κ2) is 2.74. The van der Waals surface area contributed by atoms with Gasteiger partial charge in [0.15, 0.2) is 0 Å². The first-order valence-electron chi connectivity index (χ1n) is 3.79. The van der Waals surface area contributed by atoms with E-state index in [4.69, 9.17) is 0 Å². The van der Waals surface area contributed by atoms with Gasteiger partial charge in [0, 0.05) is 5.25 Å². The second-order valence-corrected chi connectivity index (χ2v) is 3.96. The van der Waals surface area contributed by atoms with Gasteiger partial charge >= 0.3 is 0 Å². The molecule has 0 amide bonds. The van der Waals surface area contributed by atoms with Crippen molar-refractivity contribution < 1.29 is 0 Å². The lowest BCUT2D eigenvalue weighted by molar-refractivity contribution is 1.10. The number of thioether (sulfide) groups is 1. The van der Waals surface area contributed by atoms with Crippen LogP contribution in [0.2, 0.25) is 0 Å². The maximum Gasteiger partial charge on any atom is 0.0316 e. The fourth-order valence-electron chi connectivity index (χ4n) is 1.34. The van der Waals surface area contributed by atoms with Crippen molar-refractivity contribution in [2.24, 2.45) is 0 Å². The minimum atomic E-state index is 0.621. The summed E-state index contributed by atoms with van der Waals surface area (Å²) >= 11 is 1.88. The van der Waals surface area contributed by atoms with E-state index in [2.05, 4.69) is 42.7 Å². The molecule has 1 aromatic carbocycles. The lowest BCUT2D eigenvalue weighted by atomic mass is 10.1. The van der Waals surface area contributed by atoms with Crippen LogP contribution in [0.4, 0.5) is 0 Å². The number of hydrogen-bond acceptors (Lipinski definition) is 1. The summed E-state index contributed by atoms with van der Waals surface area (Å²) in [7, 11) is 0. The lowest BCUT2D eigenvalue weighted by Crippen LogP contribution is -1.93. The van der Waals surface area contributed by atoms with Crippen molar-refractivity contribution in [3.63, 3.8) is 0 Å². The van der Waals surface area contributed by atoms with E-state index in [-0.39, 0.29) is 0 Å². The summed E-state index contributed by atoms with van der Waals surface area (Å²) in [6.45, 7) is 2.24. The Labute approximate surface area is 71.3 Å². The maximum absolute atomic E-state index is 2.24. The summed E-state index contributed by atoms with van der Waals surface area (Å²) in [5.41, 5.74) is 2.83. The van der Waals surface area contributed by atoms with Crippen LogP contribution in [-0.4, -0.2) is 0 Å². The Morgan fingerprint density at radius 3 is 2.91 bits per heavy atom. The fraction of sp³-hybridized carbons (Fsp3) is 0.200. The summed E-state index contributed by atoms with van der Waals surface area (Å²) < 4.78 is 0. The molecule has 0 saturated heterocycles. The summed E-state index contributed by atoms with van der Waals surface area (Å²) in [5.74, 6) is 0. The van der Waals surface area contributed by atoms with Gasteiger partial charge in [0.25, 0.3) is 0 Å². The Bertz CT molecular complexity index is 289. The number of hydrogen-bond donors (Lipinski definition) is 0. The van der Waals surface area contributed by atoms with Crippen molar-refractivity contribution in [2.75, 3.05) is 0 Å². The van der Waals surface area contributed by atoms with E-state index in [1.54, 1.807) is 0 Å². The summed E-state index contributed by atoms with van der Waals surface area (Å²) in [5, 5.41) is 2.80. The van der Waals surface area contributed by atoms with Gasteiger partial charge in [-0.1, -0.05) is 24.3 Å². The third kappa shape index (κ3) is 1.21. The molecule has 0 spiro atoms. The normalized spacial score (nSPS) is 21.4. The zero-order valence-corrected chi connectivity index (χ0v) is 7.27. The first kappa shape index (κ1) is 6.99. The van der Waals surface area contributed by atoms with Gasteiger partial charge in [0.05, 0.1) is 0 Å². The zero-order valence-electron chi connectivity index (χ0n) is 6.45. The van der Waals surface area contributed by atoms with Crippen LogP contribution in [0.1, 0.15) is 23.3 Å². The third-order valence-electron chi connectivity index (χ3n) is 1.96. The van der Waals surface area contributed by atoms with Crippen molar-refractivity contribution >= 4 is 17.8 Å². The van der Waals surface area contributed by atoms with E-state index in [0.717, 1.165) is 0 Å². The zero-order chi connectivity index (χ0) is 7.68. The number of benzene rings is 1. The van der Waals surface area contributed by atoms with Crippen molar-refractivity contribution in [1.29, 1.82) is 0 Å². The minimum Gasteiger partial charge on any atom is -0.126 e. The first-order chi connectivity index (χ1) is 5.38.